The van der Waals surface area contributed by atoms with Gasteiger partial charge in [0.15, 0.2) is 0 Å². The Bertz CT molecular complexity index is 1020. The van der Waals surface area contributed by atoms with Crippen molar-refractivity contribution in [2.45, 2.75) is 17.2 Å². The molecule has 0 unspecified atom stereocenters. The Balaban J connectivity index is 1.60. The molecule has 0 fully saturated rings. The zero-order chi connectivity index (χ0) is 17.9. The van der Waals surface area contributed by atoms with Crippen molar-refractivity contribution in [1.29, 1.82) is 0 Å². The van der Waals surface area contributed by atoms with E-state index < -0.39 is 0 Å². The highest BCUT2D eigenvalue weighted by Gasteiger charge is 2.09. The molecule has 0 radical (unpaired) electrons. The average molecular weight is 443 g/mol. The highest BCUT2D eigenvalue weighted by atomic mass is 79.9. The van der Waals surface area contributed by atoms with Gasteiger partial charge in [0.1, 0.15) is 0 Å². The van der Waals surface area contributed by atoms with E-state index in [0.717, 1.165) is 21.8 Å². The van der Waals surface area contributed by atoms with E-state index in [4.69, 9.17) is 11.6 Å². The van der Waals surface area contributed by atoms with Gasteiger partial charge in [-0.15, -0.1) is 11.8 Å². The quantitative estimate of drug-likeness (QED) is 0.291. The van der Waals surface area contributed by atoms with Crippen LogP contribution in [-0.2, 0) is 12.3 Å². The maximum absolute atomic E-state index is 5.98. The van der Waals surface area contributed by atoms with Gasteiger partial charge >= 0.3 is 0 Å². The zero-order valence-electron chi connectivity index (χ0n) is 14.0. The standard InChI is InChI=1S/C22H17BrClNS/c23-18-9-5-16(6-10-18)13-25-14-22(20-3-1-2-4-21(20)25)26-15-17-7-11-19(24)12-8-17/h1-12,14H,13,15H2. The second kappa shape index (κ2) is 7.91. The molecule has 26 heavy (non-hydrogen) atoms. The van der Waals surface area contributed by atoms with Crippen LogP contribution in [0.2, 0.25) is 5.02 Å². The van der Waals surface area contributed by atoms with Crippen molar-refractivity contribution in [3.8, 4) is 0 Å². The molecule has 0 N–H and O–H groups in total. The molecule has 1 nitrogen and oxygen atoms in total. The number of fused-ring (bicyclic) bond motifs is 1. The summed E-state index contributed by atoms with van der Waals surface area (Å²) in [5, 5.41) is 2.09. The molecule has 0 saturated heterocycles. The molecule has 0 amide bonds. The van der Waals surface area contributed by atoms with Crippen LogP contribution >= 0.6 is 39.3 Å². The van der Waals surface area contributed by atoms with Crippen LogP contribution in [0.1, 0.15) is 11.1 Å². The van der Waals surface area contributed by atoms with Crippen molar-refractivity contribution in [3.05, 3.63) is 99.6 Å². The Morgan fingerprint density at radius 3 is 2.31 bits per heavy atom. The minimum absolute atomic E-state index is 0.782. The lowest BCUT2D eigenvalue weighted by atomic mass is 10.2. The van der Waals surface area contributed by atoms with Gasteiger partial charge in [0, 0.05) is 43.8 Å². The van der Waals surface area contributed by atoms with E-state index in [0.29, 0.717) is 0 Å². The van der Waals surface area contributed by atoms with Crippen molar-refractivity contribution in [1.82, 2.24) is 4.57 Å². The van der Waals surface area contributed by atoms with Gasteiger partial charge in [0.05, 0.1) is 0 Å². The van der Waals surface area contributed by atoms with E-state index >= 15 is 0 Å². The Hall–Kier alpha value is -1.68. The van der Waals surface area contributed by atoms with Crippen LogP contribution in [0.5, 0.6) is 0 Å². The highest BCUT2D eigenvalue weighted by Crippen LogP contribution is 2.32. The summed E-state index contributed by atoms with van der Waals surface area (Å²) < 4.78 is 3.45. The SMILES string of the molecule is Clc1ccc(CSc2cn(Cc3ccc(Br)cc3)c3ccccc23)cc1. The molecule has 3 aromatic carbocycles. The van der Waals surface area contributed by atoms with Gasteiger partial charge < -0.3 is 4.57 Å². The first-order valence-corrected chi connectivity index (χ1v) is 10.5. The number of para-hydroxylation sites is 1. The third-order valence-corrected chi connectivity index (χ3v) is 6.22. The van der Waals surface area contributed by atoms with Crippen molar-refractivity contribution in [2.24, 2.45) is 0 Å². The van der Waals surface area contributed by atoms with E-state index in [1.165, 1.54) is 26.9 Å². The summed E-state index contributed by atoms with van der Waals surface area (Å²) in [6.07, 6.45) is 2.27. The third kappa shape index (κ3) is 4.01. The molecule has 0 aliphatic heterocycles. The van der Waals surface area contributed by atoms with E-state index in [9.17, 15) is 0 Å². The Morgan fingerprint density at radius 1 is 0.846 bits per heavy atom. The molecule has 0 aliphatic carbocycles. The number of hydrogen-bond donors (Lipinski definition) is 0. The second-order valence-electron chi connectivity index (χ2n) is 6.18. The summed E-state index contributed by atoms with van der Waals surface area (Å²) in [5.41, 5.74) is 3.85. The van der Waals surface area contributed by atoms with Gasteiger partial charge in [-0.1, -0.05) is 70.0 Å². The Kier molecular flexibility index (Phi) is 5.39. The van der Waals surface area contributed by atoms with Crippen molar-refractivity contribution in [3.63, 3.8) is 0 Å². The number of rotatable bonds is 5. The molecule has 0 bridgehead atoms. The van der Waals surface area contributed by atoms with Crippen LogP contribution in [-0.4, -0.2) is 4.57 Å². The predicted octanol–water partition coefficient (Wildman–Crippen LogP) is 7.40. The van der Waals surface area contributed by atoms with Gasteiger partial charge in [0.25, 0.3) is 0 Å². The largest absolute Gasteiger partial charge is 0.342 e. The first kappa shape index (κ1) is 17.7. The molecule has 1 heterocycles. The molecule has 0 saturated carbocycles. The fourth-order valence-corrected chi connectivity index (χ4v) is 4.42. The maximum Gasteiger partial charge on any atom is 0.0495 e. The number of thioether (sulfide) groups is 1. The molecule has 4 rings (SSSR count). The first-order chi connectivity index (χ1) is 12.7. The van der Waals surface area contributed by atoms with E-state index in [1.807, 2.05) is 23.9 Å². The topological polar surface area (TPSA) is 4.93 Å². The number of nitrogens with zero attached hydrogens (tertiary/aromatic N) is 1. The number of halogens is 2. The molecule has 0 spiro atoms. The Morgan fingerprint density at radius 2 is 1.54 bits per heavy atom. The van der Waals surface area contributed by atoms with Crippen LogP contribution < -0.4 is 0 Å². The molecular formula is C22H17BrClNS. The van der Waals surface area contributed by atoms with Crippen molar-refractivity contribution >= 4 is 50.2 Å². The summed E-state index contributed by atoms with van der Waals surface area (Å²) in [5.74, 6) is 0.934. The van der Waals surface area contributed by atoms with Crippen molar-refractivity contribution < 1.29 is 0 Å². The number of hydrogen-bond acceptors (Lipinski definition) is 1. The van der Waals surface area contributed by atoms with E-state index in [2.05, 4.69) is 87.4 Å². The molecule has 4 aromatic rings. The van der Waals surface area contributed by atoms with Gasteiger partial charge in [-0.05, 0) is 41.5 Å². The fraction of sp³-hybridized carbons (Fsp3) is 0.0909. The molecule has 4 heteroatoms. The van der Waals surface area contributed by atoms with Gasteiger partial charge in [0.2, 0.25) is 0 Å². The predicted molar refractivity (Wildman–Crippen MR) is 116 cm³/mol. The van der Waals surface area contributed by atoms with Gasteiger partial charge in [-0.25, -0.2) is 0 Å². The minimum atomic E-state index is 0.782. The lowest BCUT2D eigenvalue weighted by molar-refractivity contribution is 0.830. The molecule has 0 aliphatic rings. The fourth-order valence-electron chi connectivity index (χ4n) is 2.99. The van der Waals surface area contributed by atoms with Gasteiger partial charge in [-0.3, -0.25) is 0 Å². The average Bonchev–Trinajstić information content (AvgIpc) is 3.01. The molecular weight excluding hydrogens is 426 g/mol. The third-order valence-electron chi connectivity index (χ3n) is 4.33. The van der Waals surface area contributed by atoms with Crippen LogP contribution in [0.3, 0.4) is 0 Å². The monoisotopic (exact) mass is 441 g/mol. The normalized spacial score (nSPS) is 11.2. The van der Waals surface area contributed by atoms with Crippen LogP contribution in [0.4, 0.5) is 0 Å². The molecule has 0 atom stereocenters. The van der Waals surface area contributed by atoms with Crippen LogP contribution in [0.25, 0.3) is 10.9 Å². The summed E-state index contributed by atoms with van der Waals surface area (Å²) in [4.78, 5) is 1.31. The Labute approximate surface area is 171 Å². The van der Waals surface area contributed by atoms with Gasteiger partial charge in [-0.2, -0.15) is 0 Å². The smallest absolute Gasteiger partial charge is 0.0495 e. The highest BCUT2D eigenvalue weighted by molar-refractivity contribution is 9.10. The lowest BCUT2D eigenvalue weighted by Crippen LogP contribution is -1.97. The zero-order valence-corrected chi connectivity index (χ0v) is 17.2. The van der Waals surface area contributed by atoms with E-state index in [1.54, 1.807) is 0 Å². The summed E-state index contributed by atoms with van der Waals surface area (Å²) in [7, 11) is 0. The summed E-state index contributed by atoms with van der Waals surface area (Å²) >= 11 is 11.4. The van der Waals surface area contributed by atoms with Crippen LogP contribution in [0.15, 0.2) is 88.4 Å². The number of benzene rings is 3. The molecule has 1 aromatic heterocycles. The lowest BCUT2D eigenvalue weighted by Gasteiger charge is -2.05. The molecule has 130 valence electrons. The minimum Gasteiger partial charge on any atom is -0.342 e. The summed E-state index contributed by atoms with van der Waals surface area (Å²) in [6.45, 7) is 0.870. The second-order valence-corrected chi connectivity index (χ2v) is 8.55. The maximum atomic E-state index is 5.98. The first-order valence-electron chi connectivity index (χ1n) is 8.38. The van der Waals surface area contributed by atoms with Crippen LogP contribution in [0, 0.1) is 0 Å². The summed E-state index contributed by atoms with van der Waals surface area (Å²) in [6, 6.07) is 25.2. The van der Waals surface area contributed by atoms with Crippen molar-refractivity contribution in [2.75, 3.05) is 0 Å². The number of aromatic nitrogens is 1. The van der Waals surface area contributed by atoms with E-state index in [-0.39, 0.29) is 0 Å².